The third-order valence-electron chi connectivity index (χ3n) is 4.06. The van der Waals surface area contributed by atoms with Crippen LogP contribution in [0.1, 0.15) is 36.0 Å². The lowest BCUT2D eigenvalue weighted by molar-refractivity contribution is -0.148. The van der Waals surface area contributed by atoms with E-state index < -0.39 is 0 Å². The Morgan fingerprint density at radius 2 is 2.00 bits per heavy atom. The second-order valence-corrected chi connectivity index (χ2v) is 6.22. The summed E-state index contributed by atoms with van der Waals surface area (Å²) in [6, 6.07) is 7.32. The first-order valence-electron chi connectivity index (χ1n) is 7.24. The number of nitrogens with one attached hydrogen (secondary N) is 1. The Morgan fingerprint density at radius 1 is 1.29 bits per heavy atom. The van der Waals surface area contributed by atoms with Gasteiger partial charge < -0.3 is 10.1 Å². The fourth-order valence-corrected chi connectivity index (χ4v) is 3.34. The number of esters is 1. The van der Waals surface area contributed by atoms with Crippen LogP contribution in [0.4, 0.5) is 0 Å². The second kappa shape index (κ2) is 7.59. The molecule has 0 saturated heterocycles. The minimum absolute atomic E-state index is 0.0942. The molecular weight excluding hydrogens is 334 g/mol. The Bertz CT molecular complexity index is 518. The maximum absolute atomic E-state index is 12.2. The molecule has 1 saturated carbocycles. The van der Waals surface area contributed by atoms with Crippen LogP contribution in [0.2, 0.25) is 0 Å². The highest BCUT2D eigenvalue weighted by Gasteiger charge is 2.31. The molecule has 114 valence electrons. The zero-order valence-corrected chi connectivity index (χ0v) is 13.7. The SMILES string of the molecule is COC(=O)C1CCCCC1CNC(=O)c1ccccc1Br. The lowest BCUT2D eigenvalue weighted by atomic mass is 9.79. The van der Waals surface area contributed by atoms with E-state index >= 15 is 0 Å². The molecular formula is C16H20BrNO3. The number of methoxy groups -OCH3 is 1. The lowest BCUT2D eigenvalue weighted by Gasteiger charge is -2.29. The molecule has 5 heteroatoms. The normalized spacial score (nSPS) is 21.6. The summed E-state index contributed by atoms with van der Waals surface area (Å²) in [5.41, 5.74) is 0.614. The van der Waals surface area contributed by atoms with Gasteiger partial charge in [0.1, 0.15) is 0 Å². The Labute approximate surface area is 133 Å². The standard InChI is InChI=1S/C16H20BrNO3/c1-21-16(20)12-7-3-2-6-11(12)10-18-15(19)13-8-4-5-9-14(13)17/h4-5,8-9,11-12H,2-3,6-7,10H2,1H3,(H,18,19). The van der Waals surface area contributed by atoms with Gasteiger partial charge in [0.15, 0.2) is 0 Å². The number of amides is 1. The number of hydrogen-bond donors (Lipinski definition) is 1. The second-order valence-electron chi connectivity index (χ2n) is 5.36. The van der Waals surface area contributed by atoms with E-state index in [0.717, 1.165) is 30.2 Å². The summed E-state index contributed by atoms with van der Waals surface area (Å²) >= 11 is 3.37. The van der Waals surface area contributed by atoms with Gasteiger partial charge in [-0.05, 0) is 46.8 Å². The molecule has 0 heterocycles. The van der Waals surface area contributed by atoms with E-state index in [9.17, 15) is 9.59 Å². The van der Waals surface area contributed by atoms with E-state index in [1.807, 2.05) is 18.2 Å². The van der Waals surface area contributed by atoms with E-state index in [0.29, 0.717) is 12.1 Å². The average Bonchev–Trinajstić information content (AvgIpc) is 2.52. The minimum atomic E-state index is -0.158. The first-order chi connectivity index (χ1) is 10.1. The molecule has 1 amide bonds. The molecule has 0 aliphatic heterocycles. The van der Waals surface area contributed by atoms with Gasteiger partial charge in [0.25, 0.3) is 5.91 Å². The van der Waals surface area contributed by atoms with Crippen LogP contribution in [0.25, 0.3) is 0 Å². The van der Waals surface area contributed by atoms with Crippen molar-refractivity contribution in [3.8, 4) is 0 Å². The maximum atomic E-state index is 12.2. The molecule has 0 bridgehead atoms. The van der Waals surface area contributed by atoms with Crippen molar-refractivity contribution in [1.29, 1.82) is 0 Å². The van der Waals surface area contributed by atoms with Crippen molar-refractivity contribution >= 4 is 27.8 Å². The number of rotatable bonds is 4. The van der Waals surface area contributed by atoms with Crippen molar-refractivity contribution < 1.29 is 14.3 Å². The van der Waals surface area contributed by atoms with Crippen LogP contribution in [-0.4, -0.2) is 25.5 Å². The van der Waals surface area contributed by atoms with Crippen molar-refractivity contribution in [1.82, 2.24) is 5.32 Å². The first kappa shape index (κ1) is 16.0. The lowest BCUT2D eigenvalue weighted by Crippen LogP contribution is -2.37. The molecule has 1 aliphatic rings. The molecule has 1 aromatic carbocycles. The molecule has 1 fully saturated rings. The third-order valence-corrected chi connectivity index (χ3v) is 4.75. The van der Waals surface area contributed by atoms with E-state index in [2.05, 4.69) is 21.2 Å². The smallest absolute Gasteiger partial charge is 0.309 e. The quantitative estimate of drug-likeness (QED) is 0.845. The third kappa shape index (κ3) is 4.06. The van der Waals surface area contributed by atoms with Crippen LogP contribution in [0.5, 0.6) is 0 Å². The van der Waals surface area contributed by atoms with Crippen molar-refractivity contribution in [3.63, 3.8) is 0 Å². The van der Waals surface area contributed by atoms with Gasteiger partial charge in [-0.3, -0.25) is 9.59 Å². The van der Waals surface area contributed by atoms with Crippen LogP contribution in [0, 0.1) is 11.8 Å². The van der Waals surface area contributed by atoms with Crippen molar-refractivity contribution in [3.05, 3.63) is 34.3 Å². The summed E-state index contributed by atoms with van der Waals surface area (Å²) < 4.78 is 5.65. The molecule has 0 radical (unpaired) electrons. The largest absolute Gasteiger partial charge is 0.469 e. The van der Waals surface area contributed by atoms with Crippen molar-refractivity contribution in [2.24, 2.45) is 11.8 Å². The van der Waals surface area contributed by atoms with E-state index in [1.54, 1.807) is 6.07 Å². The summed E-state index contributed by atoms with van der Waals surface area (Å²) in [6.07, 6.45) is 3.95. The number of benzene rings is 1. The summed E-state index contributed by atoms with van der Waals surface area (Å²) in [6.45, 7) is 0.514. The molecule has 1 aliphatic carbocycles. The number of ether oxygens (including phenoxy) is 1. The van der Waals surface area contributed by atoms with Crippen molar-refractivity contribution in [2.75, 3.05) is 13.7 Å². The molecule has 4 nitrogen and oxygen atoms in total. The Balaban J connectivity index is 1.96. The van der Waals surface area contributed by atoms with Gasteiger partial charge in [0.2, 0.25) is 0 Å². The highest BCUT2D eigenvalue weighted by molar-refractivity contribution is 9.10. The molecule has 21 heavy (non-hydrogen) atoms. The van der Waals surface area contributed by atoms with Crippen LogP contribution in [-0.2, 0) is 9.53 Å². The molecule has 2 unspecified atom stereocenters. The zero-order chi connectivity index (χ0) is 15.2. The highest BCUT2D eigenvalue weighted by atomic mass is 79.9. The number of halogens is 1. The van der Waals surface area contributed by atoms with E-state index in [4.69, 9.17) is 4.74 Å². The summed E-state index contributed by atoms with van der Waals surface area (Å²) in [4.78, 5) is 24.0. The molecule has 0 spiro atoms. The number of carbonyl (C=O) groups is 2. The van der Waals surface area contributed by atoms with Gasteiger partial charge in [-0.25, -0.2) is 0 Å². The first-order valence-corrected chi connectivity index (χ1v) is 8.03. The molecule has 2 rings (SSSR count). The molecule has 0 aromatic heterocycles. The monoisotopic (exact) mass is 353 g/mol. The van der Waals surface area contributed by atoms with Crippen molar-refractivity contribution in [2.45, 2.75) is 25.7 Å². The fraction of sp³-hybridized carbons (Fsp3) is 0.500. The molecule has 2 atom stereocenters. The van der Waals surface area contributed by atoms with Gasteiger partial charge in [0.05, 0.1) is 18.6 Å². The van der Waals surface area contributed by atoms with Gasteiger partial charge in [-0.15, -0.1) is 0 Å². The molecule has 1 aromatic rings. The summed E-state index contributed by atoms with van der Waals surface area (Å²) in [7, 11) is 1.42. The minimum Gasteiger partial charge on any atom is -0.469 e. The molecule has 1 N–H and O–H groups in total. The number of carbonyl (C=O) groups excluding carboxylic acids is 2. The summed E-state index contributed by atoms with van der Waals surface area (Å²) in [5, 5.41) is 2.94. The summed E-state index contributed by atoms with van der Waals surface area (Å²) in [5.74, 6) is -0.201. The highest BCUT2D eigenvalue weighted by Crippen LogP contribution is 2.30. The Morgan fingerprint density at radius 3 is 2.71 bits per heavy atom. The Kier molecular flexibility index (Phi) is 5.79. The van der Waals surface area contributed by atoms with E-state index in [1.165, 1.54) is 7.11 Å². The maximum Gasteiger partial charge on any atom is 0.309 e. The number of hydrogen-bond acceptors (Lipinski definition) is 3. The zero-order valence-electron chi connectivity index (χ0n) is 12.1. The Hall–Kier alpha value is -1.36. The van der Waals surface area contributed by atoms with Crippen LogP contribution in [0.3, 0.4) is 0 Å². The predicted molar refractivity (Wildman–Crippen MR) is 83.9 cm³/mol. The van der Waals surface area contributed by atoms with Crippen LogP contribution < -0.4 is 5.32 Å². The van der Waals surface area contributed by atoms with Gasteiger partial charge in [0, 0.05) is 11.0 Å². The fourth-order valence-electron chi connectivity index (χ4n) is 2.88. The van der Waals surface area contributed by atoms with Gasteiger partial charge in [-0.1, -0.05) is 25.0 Å². The van der Waals surface area contributed by atoms with Crippen LogP contribution >= 0.6 is 15.9 Å². The average molecular weight is 354 g/mol. The van der Waals surface area contributed by atoms with Gasteiger partial charge in [-0.2, -0.15) is 0 Å². The van der Waals surface area contributed by atoms with Gasteiger partial charge >= 0.3 is 5.97 Å². The topological polar surface area (TPSA) is 55.4 Å². The van der Waals surface area contributed by atoms with Crippen LogP contribution in [0.15, 0.2) is 28.7 Å². The van der Waals surface area contributed by atoms with E-state index in [-0.39, 0.29) is 23.7 Å². The predicted octanol–water partition coefficient (Wildman–Crippen LogP) is 3.16.